The maximum absolute atomic E-state index is 12.7. The lowest BCUT2D eigenvalue weighted by atomic mass is 10.1. The van der Waals surface area contributed by atoms with Crippen molar-refractivity contribution in [2.75, 3.05) is 33.3 Å². The number of carbonyl (C=O) groups excluding carboxylic acids is 3. The Morgan fingerprint density at radius 1 is 1.16 bits per heavy atom. The number of nitrogens with one attached hydrogen (secondary N) is 1. The summed E-state index contributed by atoms with van der Waals surface area (Å²) in [6.45, 7) is 3.88. The summed E-state index contributed by atoms with van der Waals surface area (Å²) in [6, 6.07) is 4.98. The molecule has 7 nitrogen and oxygen atoms in total. The van der Waals surface area contributed by atoms with Crippen molar-refractivity contribution in [1.29, 1.82) is 0 Å². The molecule has 0 aromatic heterocycles. The summed E-state index contributed by atoms with van der Waals surface area (Å²) >= 11 is 0. The van der Waals surface area contributed by atoms with E-state index in [0.29, 0.717) is 44.6 Å². The van der Waals surface area contributed by atoms with Crippen molar-refractivity contribution in [3.05, 3.63) is 29.3 Å². The second-order valence-electron chi connectivity index (χ2n) is 6.46. The Morgan fingerprint density at radius 2 is 1.84 bits per heavy atom. The Labute approximate surface area is 146 Å². The number of rotatable bonds is 3. The SMILES string of the molecule is COc1ccc(C(=O)N2CCN(C(=O)C3CCC(=O)N3)CC2)cc1C. The lowest BCUT2D eigenvalue weighted by Crippen LogP contribution is -2.54. The largest absolute Gasteiger partial charge is 0.496 e. The zero-order valence-electron chi connectivity index (χ0n) is 14.6. The Morgan fingerprint density at radius 3 is 2.40 bits per heavy atom. The number of amides is 3. The van der Waals surface area contributed by atoms with Crippen LogP contribution in [0.1, 0.15) is 28.8 Å². The summed E-state index contributed by atoms with van der Waals surface area (Å²) < 4.78 is 5.22. The highest BCUT2D eigenvalue weighted by molar-refractivity contribution is 5.95. The standard InChI is InChI=1S/C18H23N3O4/c1-12-11-13(3-5-15(12)25-2)17(23)20-7-9-21(10-8-20)18(24)14-4-6-16(22)19-14/h3,5,11,14H,4,6-10H2,1-2H3,(H,19,22). The van der Waals surface area contributed by atoms with E-state index in [9.17, 15) is 14.4 Å². The Balaban J connectivity index is 1.58. The predicted octanol–water partition coefficient (Wildman–Crippen LogP) is 0.567. The quantitative estimate of drug-likeness (QED) is 0.869. The van der Waals surface area contributed by atoms with E-state index in [1.165, 1.54) is 0 Å². The molecule has 0 saturated carbocycles. The third-order valence-electron chi connectivity index (χ3n) is 4.81. The number of ether oxygens (including phenoxy) is 1. The van der Waals surface area contributed by atoms with E-state index in [0.717, 1.165) is 11.3 Å². The second kappa shape index (κ2) is 7.13. The molecule has 1 aromatic carbocycles. The van der Waals surface area contributed by atoms with Gasteiger partial charge in [0.05, 0.1) is 7.11 Å². The molecular weight excluding hydrogens is 322 g/mol. The van der Waals surface area contributed by atoms with Gasteiger partial charge in [-0.25, -0.2) is 0 Å². The number of carbonyl (C=O) groups is 3. The fraction of sp³-hybridized carbons (Fsp3) is 0.500. The molecule has 25 heavy (non-hydrogen) atoms. The third-order valence-corrected chi connectivity index (χ3v) is 4.81. The van der Waals surface area contributed by atoms with Crippen LogP contribution in [0, 0.1) is 6.92 Å². The average Bonchev–Trinajstić information content (AvgIpc) is 3.07. The van der Waals surface area contributed by atoms with Crippen LogP contribution in [0.3, 0.4) is 0 Å². The lowest BCUT2D eigenvalue weighted by molar-refractivity contribution is -0.135. The minimum Gasteiger partial charge on any atom is -0.496 e. The number of aryl methyl sites for hydroxylation is 1. The topological polar surface area (TPSA) is 79.0 Å². The van der Waals surface area contributed by atoms with E-state index in [4.69, 9.17) is 4.74 Å². The molecule has 3 amide bonds. The zero-order valence-corrected chi connectivity index (χ0v) is 14.6. The van der Waals surface area contributed by atoms with Crippen LogP contribution in [0.15, 0.2) is 18.2 Å². The van der Waals surface area contributed by atoms with Crippen LogP contribution in [0.25, 0.3) is 0 Å². The van der Waals surface area contributed by atoms with Gasteiger partial charge in [-0.3, -0.25) is 14.4 Å². The summed E-state index contributed by atoms with van der Waals surface area (Å²) in [4.78, 5) is 39.8. The first-order valence-corrected chi connectivity index (χ1v) is 8.51. The van der Waals surface area contributed by atoms with E-state index < -0.39 is 6.04 Å². The van der Waals surface area contributed by atoms with Crippen LogP contribution in [0.2, 0.25) is 0 Å². The molecule has 3 rings (SSSR count). The van der Waals surface area contributed by atoms with E-state index in [-0.39, 0.29) is 17.7 Å². The van der Waals surface area contributed by atoms with Crippen molar-refractivity contribution in [2.45, 2.75) is 25.8 Å². The van der Waals surface area contributed by atoms with Gasteiger partial charge in [-0.05, 0) is 37.1 Å². The molecule has 1 atom stereocenters. The van der Waals surface area contributed by atoms with Crippen molar-refractivity contribution in [3.63, 3.8) is 0 Å². The van der Waals surface area contributed by atoms with Gasteiger partial charge in [-0.1, -0.05) is 0 Å². The van der Waals surface area contributed by atoms with Gasteiger partial charge in [0.25, 0.3) is 5.91 Å². The molecular formula is C18H23N3O4. The van der Waals surface area contributed by atoms with Gasteiger partial charge in [-0.2, -0.15) is 0 Å². The highest BCUT2D eigenvalue weighted by Gasteiger charge is 2.33. The predicted molar refractivity (Wildman–Crippen MR) is 91.4 cm³/mol. The first-order chi connectivity index (χ1) is 12.0. The zero-order chi connectivity index (χ0) is 18.0. The molecule has 2 heterocycles. The van der Waals surface area contributed by atoms with Crippen LogP contribution >= 0.6 is 0 Å². The van der Waals surface area contributed by atoms with Crippen LogP contribution in [-0.2, 0) is 9.59 Å². The van der Waals surface area contributed by atoms with Gasteiger partial charge in [0.15, 0.2) is 0 Å². The summed E-state index contributed by atoms with van der Waals surface area (Å²) in [5.41, 5.74) is 1.54. The normalized spacial score (nSPS) is 20.4. The van der Waals surface area contributed by atoms with E-state index in [1.807, 2.05) is 13.0 Å². The number of methoxy groups -OCH3 is 1. The fourth-order valence-corrected chi connectivity index (χ4v) is 3.34. The minimum atomic E-state index is -0.404. The number of hydrogen-bond acceptors (Lipinski definition) is 4. The number of piperazine rings is 1. The molecule has 0 spiro atoms. The van der Waals surface area contributed by atoms with Crippen molar-refractivity contribution in [2.24, 2.45) is 0 Å². The third kappa shape index (κ3) is 3.60. The molecule has 2 aliphatic heterocycles. The van der Waals surface area contributed by atoms with Crippen molar-refractivity contribution in [1.82, 2.24) is 15.1 Å². The molecule has 2 aliphatic rings. The fourth-order valence-electron chi connectivity index (χ4n) is 3.34. The van der Waals surface area contributed by atoms with Gasteiger partial charge in [0, 0.05) is 38.2 Å². The van der Waals surface area contributed by atoms with Gasteiger partial charge in [-0.15, -0.1) is 0 Å². The summed E-state index contributed by atoms with van der Waals surface area (Å²) in [5, 5.41) is 2.71. The first kappa shape index (κ1) is 17.3. The van der Waals surface area contributed by atoms with Gasteiger partial charge in [0.1, 0.15) is 11.8 Å². The molecule has 2 fully saturated rings. The highest BCUT2D eigenvalue weighted by atomic mass is 16.5. The summed E-state index contributed by atoms with van der Waals surface area (Å²) in [7, 11) is 1.60. The molecule has 0 bridgehead atoms. The maximum Gasteiger partial charge on any atom is 0.253 e. The number of hydrogen-bond donors (Lipinski definition) is 1. The average molecular weight is 345 g/mol. The van der Waals surface area contributed by atoms with Gasteiger partial charge in [0.2, 0.25) is 11.8 Å². The molecule has 1 N–H and O–H groups in total. The number of nitrogens with zero attached hydrogens (tertiary/aromatic N) is 2. The van der Waals surface area contributed by atoms with E-state index >= 15 is 0 Å². The maximum atomic E-state index is 12.7. The molecule has 2 saturated heterocycles. The summed E-state index contributed by atoms with van der Waals surface area (Å²) in [5.74, 6) is 0.609. The highest BCUT2D eigenvalue weighted by Crippen LogP contribution is 2.20. The Hall–Kier alpha value is -2.57. The first-order valence-electron chi connectivity index (χ1n) is 8.51. The summed E-state index contributed by atoms with van der Waals surface area (Å²) in [6.07, 6.45) is 0.966. The van der Waals surface area contributed by atoms with E-state index in [2.05, 4.69) is 5.32 Å². The monoisotopic (exact) mass is 345 g/mol. The van der Waals surface area contributed by atoms with Gasteiger partial charge >= 0.3 is 0 Å². The molecule has 0 radical (unpaired) electrons. The molecule has 1 unspecified atom stereocenters. The van der Waals surface area contributed by atoms with Crippen molar-refractivity contribution >= 4 is 17.7 Å². The van der Waals surface area contributed by atoms with Crippen LogP contribution in [0.4, 0.5) is 0 Å². The van der Waals surface area contributed by atoms with Crippen LogP contribution in [-0.4, -0.2) is 66.9 Å². The van der Waals surface area contributed by atoms with Crippen molar-refractivity contribution < 1.29 is 19.1 Å². The minimum absolute atomic E-state index is 0.0352. The molecule has 134 valence electrons. The van der Waals surface area contributed by atoms with Crippen molar-refractivity contribution in [3.8, 4) is 5.75 Å². The Bertz CT molecular complexity index is 696. The second-order valence-corrected chi connectivity index (χ2v) is 6.46. The van der Waals surface area contributed by atoms with Crippen LogP contribution < -0.4 is 10.1 Å². The van der Waals surface area contributed by atoms with Crippen LogP contribution in [0.5, 0.6) is 5.75 Å². The Kier molecular flexibility index (Phi) is 4.92. The van der Waals surface area contributed by atoms with Gasteiger partial charge < -0.3 is 19.9 Å². The number of benzene rings is 1. The molecule has 7 heteroatoms. The lowest BCUT2D eigenvalue weighted by Gasteiger charge is -2.36. The molecule has 1 aromatic rings. The van der Waals surface area contributed by atoms with E-state index in [1.54, 1.807) is 29.0 Å². The molecule has 0 aliphatic carbocycles. The smallest absolute Gasteiger partial charge is 0.253 e.